The van der Waals surface area contributed by atoms with Gasteiger partial charge in [-0.25, -0.2) is 8.78 Å². The number of benzene rings is 1. The highest BCUT2D eigenvalue weighted by Gasteiger charge is 2.32. The number of hydrogen-bond acceptors (Lipinski definition) is 1. The van der Waals surface area contributed by atoms with Gasteiger partial charge < -0.3 is 5.73 Å². The lowest BCUT2D eigenvalue weighted by Crippen LogP contribution is -2.20. The Labute approximate surface area is 96.6 Å². The van der Waals surface area contributed by atoms with Crippen LogP contribution >= 0.6 is 15.9 Å². The van der Waals surface area contributed by atoms with E-state index in [9.17, 15) is 22.0 Å². The van der Waals surface area contributed by atoms with E-state index in [1.54, 1.807) is 0 Å². The minimum atomic E-state index is -4.57. The summed E-state index contributed by atoms with van der Waals surface area (Å²) >= 11 is 2.89. The first-order valence-corrected chi connectivity index (χ1v) is 4.93. The second-order valence-electron chi connectivity index (χ2n) is 3.09. The Bertz CT molecular complexity index is 377. The normalized spacial score (nSPS) is 14.2. The maximum Gasteiger partial charge on any atom is 0.416 e. The Hall–Kier alpha value is -0.690. The second-order valence-corrected chi connectivity index (χ2v) is 3.95. The van der Waals surface area contributed by atoms with Crippen LogP contribution in [0.15, 0.2) is 22.7 Å². The molecule has 0 saturated heterocycles. The van der Waals surface area contributed by atoms with Crippen LogP contribution in [0.5, 0.6) is 0 Å². The van der Waals surface area contributed by atoms with Crippen LogP contribution in [0.3, 0.4) is 0 Å². The average Bonchev–Trinajstić information content (AvgIpc) is 2.15. The average molecular weight is 304 g/mol. The van der Waals surface area contributed by atoms with Gasteiger partial charge in [0.2, 0.25) is 0 Å². The molecule has 0 aliphatic carbocycles. The SMILES string of the molecule is N[C@H](c1cc(C(F)(F)F)ccc1Br)C(F)F. The molecule has 16 heavy (non-hydrogen) atoms. The summed E-state index contributed by atoms with van der Waals surface area (Å²) < 4.78 is 61.7. The molecule has 0 spiro atoms. The van der Waals surface area contributed by atoms with Gasteiger partial charge in [0.1, 0.15) is 0 Å². The molecule has 1 nitrogen and oxygen atoms in total. The second kappa shape index (κ2) is 4.67. The Morgan fingerprint density at radius 2 is 1.75 bits per heavy atom. The number of nitrogens with two attached hydrogens (primary N) is 1. The quantitative estimate of drug-likeness (QED) is 0.828. The smallest absolute Gasteiger partial charge is 0.319 e. The van der Waals surface area contributed by atoms with Crippen LogP contribution in [0.25, 0.3) is 0 Å². The summed E-state index contributed by atoms with van der Waals surface area (Å²) in [5.74, 6) is 0. The minimum Gasteiger partial charge on any atom is -0.319 e. The van der Waals surface area contributed by atoms with E-state index >= 15 is 0 Å². The van der Waals surface area contributed by atoms with Crippen molar-refractivity contribution in [3.05, 3.63) is 33.8 Å². The molecular formula is C9H7BrF5N. The summed E-state index contributed by atoms with van der Waals surface area (Å²) in [5, 5.41) is 0. The molecule has 90 valence electrons. The van der Waals surface area contributed by atoms with Gasteiger partial charge in [0.15, 0.2) is 0 Å². The van der Waals surface area contributed by atoms with Gasteiger partial charge in [0, 0.05) is 4.47 Å². The molecule has 1 atom stereocenters. The predicted molar refractivity (Wildman–Crippen MR) is 52.1 cm³/mol. The van der Waals surface area contributed by atoms with Crippen molar-refractivity contribution in [3.8, 4) is 0 Å². The highest BCUT2D eigenvalue weighted by Crippen LogP contribution is 2.34. The molecule has 7 heteroatoms. The third kappa shape index (κ3) is 2.91. The van der Waals surface area contributed by atoms with E-state index in [-0.39, 0.29) is 10.0 Å². The Kier molecular flexibility index (Phi) is 3.90. The van der Waals surface area contributed by atoms with Gasteiger partial charge in [-0.15, -0.1) is 0 Å². The number of halogens is 6. The van der Waals surface area contributed by atoms with E-state index in [2.05, 4.69) is 15.9 Å². The molecule has 0 unspecified atom stereocenters. The van der Waals surface area contributed by atoms with E-state index in [4.69, 9.17) is 5.73 Å². The fraction of sp³-hybridized carbons (Fsp3) is 0.333. The van der Waals surface area contributed by atoms with Crippen molar-refractivity contribution < 1.29 is 22.0 Å². The van der Waals surface area contributed by atoms with Gasteiger partial charge in [-0.1, -0.05) is 15.9 Å². The van der Waals surface area contributed by atoms with Crippen LogP contribution in [0.1, 0.15) is 17.2 Å². The molecule has 0 aliphatic rings. The van der Waals surface area contributed by atoms with Crippen molar-refractivity contribution in [1.29, 1.82) is 0 Å². The zero-order valence-electron chi connectivity index (χ0n) is 7.73. The third-order valence-electron chi connectivity index (χ3n) is 1.95. The summed E-state index contributed by atoms with van der Waals surface area (Å²) in [5.41, 5.74) is 3.85. The summed E-state index contributed by atoms with van der Waals surface area (Å²) in [6, 6.07) is 0.740. The lowest BCUT2D eigenvalue weighted by atomic mass is 10.0. The van der Waals surface area contributed by atoms with Crippen LogP contribution in [0, 0.1) is 0 Å². The van der Waals surface area contributed by atoms with Gasteiger partial charge in [-0.3, -0.25) is 0 Å². The minimum absolute atomic E-state index is 0.133. The molecule has 1 aromatic carbocycles. The maximum absolute atomic E-state index is 12.3. The van der Waals surface area contributed by atoms with Gasteiger partial charge in [0.05, 0.1) is 11.6 Å². The van der Waals surface area contributed by atoms with Gasteiger partial charge in [-0.2, -0.15) is 13.2 Å². The Balaban J connectivity index is 3.19. The molecular weight excluding hydrogens is 297 g/mol. The first-order chi connectivity index (χ1) is 7.23. The van der Waals surface area contributed by atoms with Crippen molar-refractivity contribution in [2.45, 2.75) is 18.6 Å². The monoisotopic (exact) mass is 303 g/mol. The molecule has 1 rings (SSSR count). The largest absolute Gasteiger partial charge is 0.416 e. The van der Waals surface area contributed by atoms with Crippen LogP contribution < -0.4 is 5.73 Å². The maximum atomic E-state index is 12.3. The molecule has 0 aliphatic heterocycles. The van der Waals surface area contributed by atoms with Crippen molar-refractivity contribution in [1.82, 2.24) is 0 Å². The Morgan fingerprint density at radius 1 is 1.19 bits per heavy atom. The van der Waals surface area contributed by atoms with E-state index in [0.29, 0.717) is 6.07 Å². The number of alkyl halides is 5. The molecule has 0 bridgehead atoms. The highest BCUT2D eigenvalue weighted by molar-refractivity contribution is 9.10. The summed E-state index contributed by atoms with van der Waals surface area (Å²) in [7, 11) is 0. The van der Waals surface area contributed by atoms with Gasteiger partial charge in [-0.05, 0) is 23.8 Å². The van der Waals surface area contributed by atoms with E-state index in [1.165, 1.54) is 0 Å². The van der Waals surface area contributed by atoms with Crippen LogP contribution in [-0.4, -0.2) is 6.43 Å². The van der Waals surface area contributed by atoms with Gasteiger partial charge in [0.25, 0.3) is 6.43 Å². The standard InChI is InChI=1S/C9H7BrF5N/c10-6-2-1-4(9(13,14)15)3-5(6)7(16)8(11)12/h1-3,7-8H,16H2/t7-/m1/s1. The highest BCUT2D eigenvalue weighted by atomic mass is 79.9. The van der Waals surface area contributed by atoms with E-state index < -0.39 is 24.2 Å². The van der Waals surface area contributed by atoms with E-state index in [1.807, 2.05) is 0 Å². The molecule has 0 radical (unpaired) electrons. The predicted octanol–water partition coefficient (Wildman–Crippen LogP) is 3.73. The van der Waals surface area contributed by atoms with Crippen LogP contribution in [0.2, 0.25) is 0 Å². The number of hydrogen-bond donors (Lipinski definition) is 1. The molecule has 0 heterocycles. The summed E-state index contributed by atoms with van der Waals surface area (Å²) in [6.45, 7) is 0. The molecule has 2 N–H and O–H groups in total. The molecule has 0 aromatic heterocycles. The van der Waals surface area contributed by atoms with Crippen molar-refractivity contribution in [2.75, 3.05) is 0 Å². The van der Waals surface area contributed by atoms with E-state index in [0.717, 1.165) is 12.1 Å². The lowest BCUT2D eigenvalue weighted by Gasteiger charge is -2.15. The molecule has 0 amide bonds. The molecule has 0 fully saturated rings. The van der Waals surface area contributed by atoms with Gasteiger partial charge >= 0.3 is 6.18 Å². The van der Waals surface area contributed by atoms with Crippen molar-refractivity contribution in [2.24, 2.45) is 5.73 Å². The summed E-state index contributed by atoms with van der Waals surface area (Å²) in [4.78, 5) is 0. The topological polar surface area (TPSA) is 26.0 Å². The van der Waals surface area contributed by atoms with Crippen molar-refractivity contribution >= 4 is 15.9 Å². The first kappa shape index (κ1) is 13.4. The van der Waals surface area contributed by atoms with Crippen LogP contribution in [0.4, 0.5) is 22.0 Å². The first-order valence-electron chi connectivity index (χ1n) is 4.14. The zero-order chi connectivity index (χ0) is 12.5. The third-order valence-corrected chi connectivity index (χ3v) is 2.68. The zero-order valence-corrected chi connectivity index (χ0v) is 9.32. The fourth-order valence-electron chi connectivity index (χ4n) is 1.11. The molecule has 0 saturated carbocycles. The van der Waals surface area contributed by atoms with Crippen LogP contribution in [-0.2, 0) is 6.18 Å². The lowest BCUT2D eigenvalue weighted by molar-refractivity contribution is -0.137. The number of rotatable bonds is 2. The fourth-order valence-corrected chi connectivity index (χ4v) is 1.62. The Morgan fingerprint density at radius 3 is 2.19 bits per heavy atom. The van der Waals surface area contributed by atoms with Crippen molar-refractivity contribution in [3.63, 3.8) is 0 Å². The summed E-state index contributed by atoms with van der Waals surface area (Å²) in [6.07, 6.45) is -7.49. The molecule has 1 aromatic rings.